The minimum Gasteiger partial charge on any atom is -0.304 e. The van der Waals surface area contributed by atoms with Crippen molar-refractivity contribution in [1.82, 2.24) is 15.3 Å². The van der Waals surface area contributed by atoms with Crippen molar-refractivity contribution in [3.63, 3.8) is 0 Å². The lowest BCUT2D eigenvalue weighted by atomic mass is 10.2. The van der Waals surface area contributed by atoms with E-state index in [9.17, 15) is 14.9 Å². The maximum Gasteiger partial charge on any atom is 0.269 e. The molecule has 1 saturated heterocycles. The van der Waals surface area contributed by atoms with Gasteiger partial charge in [0.05, 0.1) is 4.92 Å². The Morgan fingerprint density at radius 3 is 2.43 bits per heavy atom. The Labute approximate surface area is 123 Å². The maximum absolute atomic E-state index is 11.8. The van der Waals surface area contributed by atoms with Crippen molar-refractivity contribution in [2.24, 2.45) is 0 Å². The fourth-order valence-corrected chi connectivity index (χ4v) is 1.99. The van der Waals surface area contributed by atoms with Gasteiger partial charge in [-0.1, -0.05) is 0 Å². The summed E-state index contributed by atoms with van der Waals surface area (Å²) in [6.07, 6.45) is 3.06. The Morgan fingerprint density at radius 2 is 1.86 bits per heavy atom. The van der Waals surface area contributed by atoms with Crippen LogP contribution in [0.5, 0.6) is 0 Å². The van der Waals surface area contributed by atoms with Crippen LogP contribution in [0.3, 0.4) is 0 Å². The molecule has 0 saturated carbocycles. The first-order valence-electron chi connectivity index (χ1n) is 6.71. The summed E-state index contributed by atoms with van der Waals surface area (Å²) in [5.74, 6) is -0.196. The second kappa shape index (κ2) is 6.96. The van der Waals surface area contributed by atoms with Crippen molar-refractivity contribution in [2.45, 2.75) is 0 Å². The Hall–Kier alpha value is -2.25. The molecule has 7 nitrogen and oxygen atoms in total. The number of carbonyl (C=O) groups excluding carboxylic acids is 1. The SMILES string of the molecule is CN1CCN(NC(=O)C=Cc2ccc([N+](=O)[O-])cc2)CC1. The molecule has 1 aliphatic heterocycles. The summed E-state index contributed by atoms with van der Waals surface area (Å²) in [7, 11) is 2.05. The number of rotatable bonds is 4. The molecule has 112 valence electrons. The van der Waals surface area contributed by atoms with Gasteiger partial charge >= 0.3 is 0 Å². The smallest absolute Gasteiger partial charge is 0.269 e. The van der Waals surface area contributed by atoms with Crippen LogP contribution in [0.1, 0.15) is 5.56 Å². The number of hydrazine groups is 1. The molecule has 1 N–H and O–H groups in total. The number of nitro benzene ring substituents is 1. The van der Waals surface area contributed by atoms with Gasteiger partial charge in [-0.05, 0) is 30.8 Å². The molecule has 0 bridgehead atoms. The second-order valence-corrected chi connectivity index (χ2v) is 4.95. The molecule has 1 amide bonds. The van der Waals surface area contributed by atoms with Gasteiger partial charge in [0, 0.05) is 44.4 Å². The largest absolute Gasteiger partial charge is 0.304 e. The van der Waals surface area contributed by atoms with Crippen LogP contribution in [-0.2, 0) is 4.79 Å². The number of likely N-dealkylation sites (N-methyl/N-ethyl adjacent to an activating group) is 1. The maximum atomic E-state index is 11.8. The zero-order chi connectivity index (χ0) is 15.2. The van der Waals surface area contributed by atoms with E-state index in [0.29, 0.717) is 0 Å². The number of nitro groups is 1. The van der Waals surface area contributed by atoms with E-state index in [2.05, 4.69) is 10.3 Å². The molecule has 0 aliphatic carbocycles. The molecule has 1 heterocycles. The average Bonchev–Trinajstić information content (AvgIpc) is 2.48. The lowest BCUT2D eigenvalue weighted by molar-refractivity contribution is -0.384. The van der Waals surface area contributed by atoms with Crippen molar-refractivity contribution in [3.8, 4) is 0 Å². The summed E-state index contributed by atoms with van der Waals surface area (Å²) >= 11 is 0. The van der Waals surface area contributed by atoms with E-state index in [-0.39, 0.29) is 11.6 Å². The highest BCUT2D eigenvalue weighted by molar-refractivity contribution is 5.91. The van der Waals surface area contributed by atoms with Gasteiger partial charge < -0.3 is 4.90 Å². The van der Waals surface area contributed by atoms with Crippen molar-refractivity contribution >= 4 is 17.7 Å². The summed E-state index contributed by atoms with van der Waals surface area (Å²) in [4.78, 5) is 24.1. The molecule has 7 heteroatoms. The number of hydrogen-bond acceptors (Lipinski definition) is 5. The van der Waals surface area contributed by atoms with Gasteiger partial charge in [-0.3, -0.25) is 20.3 Å². The first kappa shape index (κ1) is 15.1. The van der Waals surface area contributed by atoms with Gasteiger partial charge in [-0.2, -0.15) is 0 Å². The molecule has 1 aromatic carbocycles. The molecule has 1 aromatic rings. The molecule has 0 spiro atoms. The Balaban J connectivity index is 1.85. The van der Waals surface area contributed by atoms with Gasteiger partial charge in [0.25, 0.3) is 11.6 Å². The van der Waals surface area contributed by atoms with Crippen LogP contribution in [0.4, 0.5) is 5.69 Å². The van der Waals surface area contributed by atoms with Crippen LogP contribution in [0.2, 0.25) is 0 Å². The van der Waals surface area contributed by atoms with Crippen LogP contribution in [0.25, 0.3) is 6.08 Å². The molecule has 0 unspecified atom stereocenters. The number of hydrogen-bond donors (Lipinski definition) is 1. The van der Waals surface area contributed by atoms with Crippen LogP contribution in [0, 0.1) is 10.1 Å². The first-order chi connectivity index (χ1) is 10.0. The molecule has 21 heavy (non-hydrogen) atoms. The summed E-state index contributed by atoms with van der Waals surface area (Å²) in [6, 6.07) is 6.05. The van der Waals surface area contributed by atoms with E-state index in [1.165, 1.54) is 18.2 Å². The standard InChI is InChI=1S/C14H18N4O3/c1-16-8-10-17(11-9-16)15-14(19)7-4-12-2-5-13(6-3-12)18(20)21/h2-7H,8-11H2,1H3,(H,15,19). The van der Waals surface area contributed by atoms with E-state index in [1.807, 2.05) is 12.1 Å². The number of carbonyl (C=O) groups is 1. The lowest BCUT2D eigenvalue weighted by Gasteiger charge is -2.31. The zero-order valence-electron chi connectivity index (χ0n) is 11.9. The van der Waals surface area contributed by atoms with Gasteiger partial charge in [-0.25, -0.2) is 5.01 Å². The van der Waals surface area contributed by atoms with E-state index >= 15 is 0 Å². The number of amides is 1. The van der Waals surface area contributed by atoms with Crippen molar-refractivity contribution in [2.75, 3.05) is 33.2 Å². The molecule has 0 radical (unpaired) electrons. The van der Waals surface area contributed by atoms with Crippen molar-refractivity contribution in [3.05, 3.63) is 46.0 Å². The van der Waals surface area contributed by atoms with Crippen LogP contribution in [-0.4, -0.2) is 54.0 Å². The topological polar surface area (TPSA) is 78.7 Å². The van der Waals surface area contributed by atoms with E-state index in [4.69, 9.17) is 0 Å². The van der Waals surface area contributed by atoms with Crippen LogP contribution in [0.15, 0.2) is 30.3 Å². The summed E-state index contributed by atoms with van der Waals surface area (Å²) < 4.78 is 0. The average molecular weight is 290 g/mol. The van der Waals surface area contributed by atoms with Crippen molar-refractivity contribution < 1.29 is 9.72 Å². The second-order valence-electron chi connectivity index (χ2n) is 4.95. The first-order valence-corrected chi connectivity index (χ1v) is 6.71. The predicted octanol–water partition coefficient (Wildman–Crippen LogP) is 0.887. The van der Waals surface area contributed by atoms with Gasteiger partial charge in [0.15, 0.2) is 0 Å². The predicted molar refractivity (Wildman–Crippen MR) is 79.3 cm³/mol. The van der Waals surface area contributed by atoms with E-state index < -0.39 is 4.92 Å². The highest BCUT2D eigenvalue weighted by Crippen LogP contribution is 2.12. The Kier molecular flexibility index (Phi) is 5.02. The molecular weight excluding hydrogens is 272 g/mol. The lowest BCUT2D eigenvalue weighted by Crippen LogP contribution is -2.52. The summed E-state index contributed by atoms with van der Waals surface area (Å²) in [5, 5.41) is 12.4. The number of nitrogens with one attached hydrogen (secondary N) is 1. The highest BCUT2D eigenvalue weighted by atomic mass is 16.6. The summed E-state index contributed by atoms with van der Waals surface area (Å²) in [5.41, 5.74) is 3.59. The molecule has 2 rings (SSSR count). The van der Waals surface area contributed by atoms with Gasteiger partial charge in [-0.15, -0.1) is 0 Å². The van der Waals surface area contributed by atoms with Crippen molar-refractivity contribution in [1.29, 1.82) is 0 Å². The minimum atomic E-state index is -0.451. The number of nitrogens with zero attached hydrogens (tertiary/aromatic N) is 3. The highest BCUT2D eigenvalue weighted by Gasteiger charge is 2.14. The third-order valence-corrected chi connectivity index (χ3v) is 3.30. The van der Waals surface area contributed by atoms with E-state index in [0.717, 1.165) is 31.7 Å². The third-order valence-electron chi connectivity index (χ3n) is 3.30. The summed E-state index contributed by atoms with van der Waals surface area (Å²) in [6.45, 7) is 3.44. The quantitative estimate of drug-likeness (QED) is 0.506. The molecule has 1 aliphatic rings. The Morgan fingerprint density at radius 1 is 1.24 bits per heavy atom. The fraction of sp³-hybridized carbons (Fsp3) is 0.357. The normalized spacial score (nSPS) is 17.0. The van der Waals surface area contributed by atoms with Gasteiger partial charge in [0.2, 0.25) is 0 Å². The van der Waals surface area contributed by atoms with Crippen LogP contribution < -0.4 is 5.43 Å². The van der Waals surface area contributed by atoms with Crippen LogP contribution >= 0.6 is 0 Å². The number of non-ortho nitro benzene ring substituents is 1. The fourth-order valence-electron chi connectivity index (χ4n) is 1.99. The molecule has 0 aromatic heterocycles. The molecular formula is C14H18N4O3. The minimum absolute atomic E-state index is 0.0361. The Bertz CT molecular complexity index is 534. The van der Waals surface area contributed by atoms with E-state index in [1.54, 1.807) is 18.2 Å². The molecule has 0 atom stereocenters. The number of benzene rings is 1. The number of piperazine rings is 1. The zero-order valence-corrected chi connectivity index (χ0v) is 11.9. The third kappa shape index (κ3) is 4.66. The molecule has 1 fully saturated rings. The monoisotopic (exact) mass is 290 g/mol. The van der Waals surface area contributed by atoms with Gasteiger partial charge in [0.1, 0.15) is 0 Å².